The van der Waals surface area contributed by atoms with Gasteiger partial charge in [0, 0.05) is 25.9 Å². The van der Waals surface area contributed by atoms with E-state index in [0.717, 1.165) is 24.0 Å². The number of phosphoric ester groups is 1. The second kappa shape index (κ2) is 16.4. The van der Waals surface area contributed by atoms with E-state index < -0.39 is 13.9 Å². The molecule has 2 N–H and O–H groups in total. The van der Waals surface area contributed by atoms with Crippen LogP contribution < -0.4 is 15.5 Å². The highest BCUT2D eigenvalue weighted by molar-refractivity contribution is 7.45. The lowest BCUT2D eigenvalue weighted by molar-refractivity contribution is -0.870. The number of likely N-dealkylation sites (N-methyl/N-ethyl adjacent to an activating group) is 1. The number of nitrogens with one attached hydrogen (secondary N) is 2. The van der Waals surface area contributed by atoms with Crippen molar-refractivity contribution in [2.45, 2.75) is 44.6 Å². The Balaban J connectivity index is 1.82. The first-order valence-corrected chi connectivity index (χ1v) is 14.5. The van der Waals surface area contributed by atoms with E-state index in [-0.39, 0.29) is 31.5 Å². The number of quaternary nitrogens is 1. The van der Waals surface area contributed by atoms with E-state index >= 15 is 0 Å². The Labute approximate surface area is 226 Å². The summed E-state index contributed by atoms with van der Waals surface area (Å²) in [7, 11) is 1.12. The second-order valence-corrected chi connectivity index (χ2v) is 11.7. The number of benzene rings is 2. The van der Waals surface area contributed by atoms with E-state index in [2.05, 4.69) is 10.6 Å². The molecule has 210 valence electrons. The number of carbonyl (C=O) groups excluding carboxylic acids is 2. The zero-order valence-electron chi connectivity index (χ0n) is 22.8. The molecule has 0 aromatic heterocycles. The Kier molecular flexibility index (Phi) is 13.7. The van der Waals surface area contributed by atoms with E-state index in [1.54, 1.807) is 0 Å². The second-order valence-electron chi connectivity index (χ2n) is 10.3. The van der Waals surface area contributed by atoms with Crippen LogP contribution in [-0.4, -0.2) is 69.8 Å². The average molecular weight is 548 g/mol. The first kappa shape index (κ1) is 31.7. The summed E-state index contributed by atoms with van der Waals surface area (Å²) >= 11 is 0. The number of rotatable bonds is 18. The minimum absolute atomic E-state index is 0.0330. The van der Waals surface area contributed by atoms with Crippen molar-refractivity contribution in [3.8, 4) is 0 Å². The van der Waals surface area contributed by atoms with Gasteiger partial charge in [-0.3, -0.25) is 14.2 Å². The molecule has 10 heteroatoms. The molecule has 2 aromatic carbocycles. The average Bonchev–Trinajstić information content (AvgIpc) is 2.86. The molecule has 2 aromatic rings. The molecule has 0 saturated heterocycles. The molecule has 9 nitrogen and oxygen atoms in total. The predicted octanol–water partition coefficient (Wildman–Crippen LogP) is 2.84. The molecule has 0 saturated carbocycles. The fourth-order valence-electron chi connectivity index (χ4n) is 3.61. The van der Waals surface area contributed by atoms with Crippen molar-refractivity contribution in [2.24, 2.45) is 0 Å². The molecule has 2 amide bonds. The smallest absolute Gasteiger partial charge is 0.268 e. The SMILES string of the molecule is C[N+](C)(C)CCOP(=O)([O-])OC(CNC(=O)CCCc1ccccc1)CNC(=O)CCCc1ccccc1. The normalized spacial score (nSPS) is 13.2. The van der Waals surface area contributed by atoms with E-state index in [1.165, 1.54) is 0 Å². The Morgan fingerprint density at radius 3 is 1.71 bits per heavy atom. The van der Waals surface area contributed by atoms with Crippen molar-refractivity contribution in [3.63, 3.8) is 0 Å². The van der Waals surface area contributed by atoms with Gasteiger partial charge in [-0.2, -0.15) is 0 Å². The quantitative estimate of drug-likeness (QED) is 0.219. The van der Waals surface area contributed by atoms with E-state index in [0.29, 0.717) is 36.7 Å². The molecule has 2 rings (SSSR count). The third-order valence-electron chi connectivity index (χ3n) is 5.77. The number of hydrogen-bond donors (Lipinski definition) is 2. The fraction of sp³-hybridized carbons (Fsp3) is 0.500. The molecular weight excluding hydrogens is 505 g/mol. The number of carbonyl (C=O) groups is 2. The lowest BCUT2D eigenvalue weighted by atomic mass is 10.1. The third kappa shape index (κ3) is 15.0. The van der Waals surface area contributed by atoms with E-state index in [9.17, 15) is 19.0 Å². The van der Waals surface area contributed by atoms with Crippen LogP contribution in [0.4, 0.5) is 0 Å². The molecule has 0 aliphatic rings. The third-order valence-corrected chi connectivity index (χ3v) is 6.82. The summed E-state index contributed by atoms with van der Waals surface area (Å²) in [6.45, 7) is 0.296. The number of amides is 2. The maximum Gasteiger partial charge on any atom is 0.268 e. The van der Waals surface area contributed by atoms with Crippen molar-refractivity contribution in [3.05, 3.63) is 71.8 Å². The maximum absolute atomic E-state index is 12.4. The first-order chi connectivity index (χ1) is 18.0. The largest absolute Gasteiger partial charge is 0.756 e. The summed E-state index contributed by atoms with van der Waals surface area (Å²) in [5, 5.41) is 5.45. The molecular formula is C28H42N3O6P. The highest BCUT2D eigenvalue weighted by Gasteiger charge is 2.21. The number of hydrogen-bond acceptors (Lipinski definition) is 6. The van der Waals surface area contributed by atoms with Crippen molar-refractivity contribution in [1.82, 2.24) is 10.6 Å². The molecule has 0 aliphatic heterocycles. The topological polar surface area (TPSA) is 117 Å². The zero-order chi connectivity index (χ0) is 27.9. The van der Waals surface area contributed by atoms with Crippen LogP contribution in [-0.2, 0) is 36.0 Å². The van der Waals surface area contributed by atoms with Gasteiger partial charge in [-0.1, -0.05) is 60.7 Å². The summed E-state index contributed by atoms with van der Waals surface area (Å²) in [5.41, 5.74) is 2.30. The standard InChI is InChI=1S/C28H42N3O6P/c1-31(2,3)20-21-36-38(34,35)37-26(22-29-27(32)18-10-16-24-12-6-4-7-13-24)23-30-28(33)19-11-17-25-14-8-5-9-15-25/h4-9,12-15,26H,10-11,16-23H2,1-3H3,(H2-,29,30,32,33,34,35). The lowest BCUT2D eigenvalue weighted by Gasteiger charge is -2.30. The fourth-order valence-corrected chi connectivity index (χ4v) is 4.49. The van der Waals surface area contributed by atoms with Crippen LogP contribution in [0.15, 0.2) is 60.7 Å². The Morgan fingerprint density at radius 2 is 1.29 bits per heavy atom. The number of aryl methyl sites for hydroxylation is 2. The van der Waals surface area contributed by atoms with Gasteiger partial charge in [0.15, 0.2) is 0 Å². The van der Waals surface area contributed by atoms with Gasteiger partial charge in [-0.15, -0.1) is 0 Å². The van der Waals surface area contributed by atoms with Crippen LogP contribution >= 0.6 is 7.82 Å². The predicted molar refractivity (Wildman–Crippen MR) is 146 cm³/mol. The van der Waals surface area contributed by atoms with Crippen molar-refractivity contribution >= 4 is 19.6 Å². The zero-order valence-corrected chi connectivity index (χ0v) is 23.7. The monoisotopic (exact) mass is 547 g/mol. The molecule has 0 heterocycles. The summed E-state index contributed by atoms with van der Waals surface area (Å²) in [6.07, 6.45) is 2.46. The van der Waals surface area contributed by atoms with Gasteiger partial charge in [0.2, 0.25) is 11.8 Å². The summed E-state index contributed by atoms with van der Waals surface area (Å²) in [6, 6.07) is 19.7. The molecule has 1 atom stereocenters. The van der Waals surface area contributed by atoms with Gasteiger partial charge < -0.3 is 29.1 Å². The van der Waals surface area contributed by atoms with Crippen LogP contribution in [0.5, 0.6) is 0 Å². The maximum atomic E-state index is 12.4. The minimum atomic E-state index is -4.64. The van der Waals surface area contributed by atoms with Crippen LogP contribution in [0.3, 0.4) is 0 Å². The highest BCUT2D eigenvalue weighted by atomic mass is 31.2. The molecule has 0 spiro atoms. The summed E-state index contributed by atoms with van der Waals surface area (Å²) in [4.78, 5) is 37.2. The molecule has 0 radical (unpaired) electrons. The Morgan fingerprint density at radius 1 is 0.842 bits per heavy atom. The van der Waals surface area contributed by atoms with Crippen LogP contribution in [0.2, 0.25) is 0 Å². The minimum Gasteiger partial charge on any atom is -0.756 e. The van der Waals surface area contributed by atoms with Crippen LogP contribution in [0, 0.1) is 0 Å². The molecule has 0 fully saturated rings. The van der Waals surface area contributed by atoms with E-state index in [1.807, 2.05) is 81.8 Å². The molecule has 0 bridgehead atoms. The van der Waals surface area contributed by atoms with Gasteiger partial charge in [0.05, 0.1) is 21.1 Å². The summed E-state index contributed by atoms with van der Waals surface area (Å²) < 4.78 is 23.2. The highest BCUT2D eigenvalue weighted by Crippen LogP contribution is 2.39. The lowest BCUT2D eigenvalue weighted by Crippen LogP contribution is -2.42. The summed E-state index contributed by atoms with van der Waals surface area (Å²) in [5.74, 6) is -0.425. The van der Waals surface area contributed by atoms with Crippen molar-refractivity contribution in [2.75, 3.05) is 47.4 Å². The van der Waals surface area contributed by atoms with Crippen molar-refractivity contribution in [1.29, 1.82) is 0 Å². The molecule has 1 unspecified atom stereocenters. The molecule has 38 heavy (non-hydrogen) atoms. The van der Waals surface area contributed by atoms with Gasteiger partial charge in [-0.05, 0) is 36.8 Å². The Hall–Kier alpha value is -2.55. The first-order valence-electron chi connectivity index (χ1n) is 13.1. The number of nitrogens with zero attached hydrogens (tertiary/aromatic N) is 1. The molecule has 0 aliphatic carbocycles. The number of phosphoric acid groups is 1. The Bertz CT molecular complexity index is 953. The van der Waals surface area contributed by atoms with Gasteiger partial charge >= 0.3 is 0 Å². The van der Waals surface area contributed by atoms with Crippen LogP contribution in [0.25, 0.3) is 0 Å². The van der Waals surface area contributed by atoms with Gasteiger partial charge in [0.25, 0.3) is 7.82 Å². The van der Waals surface area contributed by atoms with Crippen LogP contribution in [0.1, 0.15) is 36.8 Å². The van der Waals surface area contributed by atoms with Gasteiger partial charge in [0.1, 0.15) is 19.3 Å². The van der Waals surface area contributed by atoms with E-state index in [4.69, 9.17) is 9.05 Å². The van der Waals surface area contributed by atoms with Crippen molar-refractivity contribution < 1.29 is 32.6 Å². The van der Waals surface area contributed by atoms with Gasteiger partial charge in [-0.25, -0.2) is 0 Å².